The molecule has 6 heteroatoms. The van der Waals surface area contributed by atoms with Gasteiger partial charge in [0.05, 0.1) is 39.7 Å². The second-order valence-electron chi connectivity index (χ2n) is 13.1. The Kier molecular flexibility index (Phi) is 7.27. The Hall–Kier alpha value is -6.81. The molecule has 2 aliphatic heterocycles. The minimum Gasteiger partial charge on any atom is -0.309 e. The second kappa shape index (κ2) is 12.4. The molecule has 53 heavy (non-hydrogen) atoms. The van der Waals surface area contributed by atoms with Crippen LogP contribution in [0.2, 0.25) is 0 Å². The summed E-state index contributed by atoms with van der Waals surface area (Å²) < 4.78 is 0. The van der Waals surface area contributed by atoms with Gasteiger partial charge in [0, 0.05) is 20.9 Å². The molecule has 0 unspecified atom stereocenters. The number of nitrogens with zero attached hydrogens (tertiary/aromatic N) is 5. The SMILES string of the molecule is N#Cc1cccc(N2c3ccccc3C3(c4ccccc4Sc4ccccc43)c3ccccc32)c1-c1nc(-c2ccccc2)nc(-c2ccccc2)n1. The number of fused-ring (bicyclic) bond motifs is 8. The van der Waals surface area contributed by atoms with Crippen molar-refractivity contribution in [1.82, 2.24) is 15.0 Å². The van der Waals surface area contributed by atoms with Crippen LogP contribution in [0.5, 0.6) is 0 Å². The van der Waals surface area contributed by atoms with Gasteiger partial charge in [-0.15, -0.1) is 0 Å². The Morgan fingerprint density at radius 1 is 0.434 bits per heavy atom. The molecule has 2 aliphatic rings. The number of para-hydroxylation sites is 2. The molecule has 0 aliphatic carbocycles. The van der Waals surface area contributed by atoms with Crippen LogP contribution < -0.4 is 4.90 Å². The van der Waals surface area contributed by atoms with Crippen LogP contribution in [0.1, 0.15) is 27.8 Å². The molecule has 7 aromatic carbocycles. The largest absolute Gasteiger partial charge is 0.309 e. The van der Waals surface area contributed by atoms with E-state index >= 15 is 0 Å². The summed E-state index contributed by atoms with van der Waals surface area (Å²) in [6.07, 6.45) is 0. The molecule has 3 heterocycles. The highest BCUT2D eigenvalue weighted by molar-refractivity contribution is 7.99. The fourth-order valence-electron chi connectivity index (χ4n) is 8.06. The fourth-order valence-corrected chi connectivity index (χ4v) is 9.25. The molecule has 248 valence electrons. The lowest BCUT2D eigenvalue weighted by Crippen LogP contribution is -2.39. The minimum absolute atomic E-state index is 0.435. The fraction of sp³-hybridized carbons (Fsp3) is 0.0213. The molecule has 0 radical (unpaired) electrons. The quantitative estimate of drug-likeness (QED) is 0.183. The van der Waals surface area contributed by atoms with E-state index in [9.17, 15) is 5.26 Å². The highest BCUT2D eigenvalue weighted by Crippen LogP contribution is 2.63. The van der Waals surface area contributed by atoms with E-state index in [0.717, 1.165) is 39.3 Å². The van der Waals surface area contributed by atoms with Crippen molar-refractivity contribution in [2.24, 2.45) is 0 Å². The molecule has 0 amide bonds. The number of hydrogen-bond donors (Lipinski definition) is 0. The predicted molar refractivity (Wildman–Crippen MR) is 212 cm³/mol. The van der Waals surface area contributed by atoms with E-state index in [1.165, 1.54) is 20.9 Å². The van der Waals surface area contributed by atoms with E-state index in [0.29, 0.717) is 28.6 Å². The van der Waals surface area contributed by atoms with Crippen LogP contribution in [0.3, 0.4) is 0 Å². The number of rotatable bonds is 4. The maximum atomic E-state index is 10.7. The van der Waals surface area contributed by atoms with Crippen molar-refractivity contribution >= 4 is 28.8 Å². The van der Waals surface area contributed by atoms with Gasteiger partial charge in [-0.25, -0.2) is 15.0 Å². The molecular formula is C47H29N5S. The van der Waals surface area contributed by atoms with Crippen molar-refractivity contribution in [3.8, 4) is 40.2 Å². The summed E-state index contributed by atoms with van der Waals surface area (Å²) in [5, 5.41) is 10.7. The Labute approximate surface area is 311 Å². The molecule has 5 nitrogen and oxygen atoms in total. The molecule has 0 bridgehead atoms. The summed E-state index contributed by atoms with van der Waals surface area (Å²) in [5.41, 5.74) is 9.99. The lowest BCUT2D eigenvalue weighted by Gasteiger charge is -2.49. The average Bonchev–Trinajstić information content (AvgIpc) is 3.24. The zero-order valence-corrected chi connectivity index (χ0v) is 29.2. The van der Waals surface area contributed by atoms with Crippen molar-refractivity contribution in [3.63, 3.8) is 0 Å². The van der Waals surface area contributed by atoms with Crippen LogP contribution in [0.25, 0.3) is 34.2 Å². The number of anilines is 3. The summed E-state index contributed by atoms with van der Waals surface area (Å²) in [6, 6.07) is 63.2. The predicted octanol–water partition coefficient (Wildman–Crippen LogP) is 11.4. The van der Waals surface area contributed by atoms with Crippen molar-refractivity contribution in [3.05, 3.63) is 204 Å². The zero-order valence-electron chi connectivity index (χ0n) is 28.4. The van der Waals surface area contributed by atoms with Crippen LogP contribution in [0.4, 0.5) is 17.1 Å². The molecule has 1 spiro atoms. The summed E-state index contributed by atoms with van der Waals surface area (Å²) in [7, 11) is 0. The lowest BCUT2D eigenvalue weighted by atomic mass is 9.62. The van der Waals surface area contributed by atoms with E-state index in [1.54, 1.807) is 0 Å². The van der Waals surface area contributed by atoms with Crippen molar-refractivity contribution in [2.75, 3.05) is 4.90 Å². The maximum Gasteiger partial charge on any atom is 0.167 e. The summed E-state index contributed by atoms with van der Waals surface area (Å²) >= 11 is 1.83. The van der Waals surface area contributed by atoms with Gasteiger partial charge in [-0.2, -0.15) is 5.26 Å². The van der Waals surface area contributed by atoms with E-state index in [-0.39, 0.29) is 0 Å². The highest BCUT2D eigenvalue weighted by atomic mass is 32.2. The molecule has 0 saturated heterocycles. The standard InChI is InChI=1S/C47H29N5S/c48-30-33-20-15-27-40(43(33)46-50-44(31-16-3-1-4-17-31)49-45(51-46)32-18-5-2-6-19-32)52-38-25-11-7-21-34(38)47(35-22-8-12-26-39(35)52)36-23-9-13-28-41(36)53-42-29-14-10-24-37(42)47/h1-29H. The molecule has 0 N–H and O–H groups in total. The summed E-state index contributed by atoms with van der Waals surface area (Å²) in [4.78, 5) is 20.0. The summed E-state index contributed by atoms with van der Waals surface area (Å²) in [5.74, 6) is 1.52. The van der Waals surface area contributed by atoms with E-state index < -0.39 is 5.41 Å². The Morgan fingerprint density at radius 2 is 0.868 bits per heavy atom. The smallest absolute Gasteiger partial charge is 0.167 e. The van der Waals surface area contributed by atoms with E-state index in [4.69, 9.17) is 15.0 Å². The maximum absolute atomic E-state index is 10.7. The van der Waals surface area contributed by atoms with E-state index in [1.807, 2.05) is 84.6 Å². The van der Waals surface area contributed by atoms with Crippen molar-refractivity contribution < 1.29 is 0 Å². The average molecular weight is 696 g/mol. The highest BCUT2D eigenvalue weighted by Gasteiger charge is 2.50. The molecule has 0 fully saturated rings. The van der Waals surface area contributed by atoms with Crippen LogP contribution in [0.15, 0.2) is 186 Å². The van der Waals surface area contributed by atoms with Gasteiger partial charge in [0.2, 0.25) is 0 Å². The molecule has 0 atom stereocenters. The Morgan fingerprint density at radius 3 is 1.40 bits per heavy atom. The minimum atomic E-state index is -0.580. The Bertz CT molecular complexity index is 2590. The number of aromatic nitrogens is 3. The van der Waals surface area contributed by atoms with Crippen LogP contribution in [-0.2, 0) is 5.41 Å². The van der Waals surface area contributed by atoms with Gasteiger partial charge in [-0.1, -0.05) is 151 Å². The second-order valence-corrected chi connectivity index (χ2v) is 14.1. The summed E-state index contributed by atoms with van der Waals surface area (Å²) in [6.45, 7) is 0. The zero-order chi connectivity index (χ0) is 35.4. The van der Waals surface area contributed by atoms with Crippen LogP contribution in [0, 0.1) is 11.3 Å². The molecule has 10 rings (SSSR count). The molecule has 0 saturated carbocycles. The van der Waals surface area contributed by atoms with Crippen LogP contribution in [-0.4, -0.2) is 15.0 Å². The first-order chi connectivity index (χ1) is 26.3. The van der Waals surface area contributed by atoms with Gasteiger partial charge in [0.15, 0.2) is 17.5 Å². The van der Waals surface area contributed by atoms with Crippen molar-refractivity contribution in [1.29, 1.82) is 5.26 Å². The van der Waals surface area contributed by atoms with Gasteiger partial charge in [-0.3, -0.25) is 0 Å². The lowest BCUT2D eigenvalue weighted by molar-refractivity contribution is 0.692. The third kappa shape index (κ3) is 4.75. The first-order valence-corrected chi connectivity index (χ1v) is 18.3. The van der Waals surface area contributed by atoms with Crippen molar-refractivity contribution in [2.45, 2.75) is 15.2 Å². The number of benzene rings is 7. The number of nitriles is 1. The van der Waals surface area contributed by atoms with Gasteiger partial charge in [-0.05, 0) is 58.7 Å². The first kappa shape index (κ1) is 31.0. The third-order valence-electron chi connectivity index (χ3n) is 10.2. The van der Waals surface area contributed by atoms with Gasteiger partial charge in [0.25, 0.3) is 0 Å². The van der Waals surface area contributed by atoms with Crippen LogP contribution >= 0.6 is 11.8 Å². The monoisotopic (exact) mass is 695 g/mol. The van der Waals surface area contributed by atoms with E-state index in [2.05, 4.69) is 114 Å². The van der Waals surface area contributed by atoms with Gasteiger partial charge in [0.1, 0.15) is 0 Å². The normalized spacial score (nSPS) is 13.3. The van der Waals surface area contributed by atoms with Gasteiger partial charge < -0.3 is 4.90 Å². The molecule has 1 aromatic heterocycles. The molecular weight excluding hydrogens is 667 g/mol. The Balaban J connectivity index is 1.28. The number of hydrogen-bond acceptors (Lipinski definition) is 6. The topological polar surface area (TPSA) is 65.7 Å². The van der Waals surface area contributed by atoms with Gasteiger partial charge >= 0.3 is 0 Å². The first-order valence-electron chi connectivity index (χ1n) is 17.5. The third-order valence-corrected chi connectivity index (χ3v) is 11.4. The molecule has 8 aromatic rings.